The molecule has 0 aliphatic rings. The summed E-state index contributed by atoms with van der Waals surface area (Å²) >= 11 is 0. The molecule has 2 aromatic rings. The third-order valence-electron chi connectivity index (χ3n) is 3.53. The monoisotopic (exact) mass is 342 g/mol. The van der Waals surface area contributed by atoms with E-state index in [2.05, 4.69) is 10.1 Å². The summed E-state index contributed by atoms with van der Waals surface area (Å²) in [5, 5.41) is 3.19. The number of esters is 1. The number of ketones is 1. The minimum atomic E-state index is -0.582. The number of hydrogen-bond acceptors (Lipinski definition) is 5. The summed E-state index contributed by atoms with van der Waals surface area (Å²) in [7, 11) is 1.24. The summed E-state index contributed by atoms with van der Waals surface area (Å²) < 4.78 is 17.3. The molecule has 0 heterocycles. The third kappa shape index (κ3) is 5.76. The van der Waals surface area contributed by atoms with Gasteiger partial charge >= 0.3 is 5.97 Å². The first-order valence-electron chi connectivity index (χ1n) is 7.63. The molecule has 0 aliphatic carbocycles. The number of anilines is 2. The fourth-order valence-electron chi connectivity index (χ4n) is 2.15. The highest BCUT2D eigenvalue weighted by Gasteiger charge is 2.06. The molecule has 6 heteroatoms. The van der Waals surface area contributed by atoms with Gasteiger partial charge in [0.1, 0.15) is 5.82 Å². The normalized spacial score (nSPS) is 10.6. The molecule has 0 saturated heterocycles. The number of nitrogens with one attached hydrogen (secondary N) is 1. The maximum absolute atomic E-state index is 12.9. The summed E-state index contributed by atoms with van der Waals surface area (Å²) in [5.74, 6) is -1.10. The van der Waals surface area contributed by atoms with Crippen LogP contribution < -0.4 is 11.1 Å². The molecule has 0 bridgehead atoms. The molecule has 0 radical (unpaired) electrons. The molecular weight excluding hydrogens is 323 g/mol. The van der Waals surface area contributed by atoms with E-state index in [4.69, 9.17) is 5.73 Å². The molecule has 0 atom stereocenters. The lowest BCUT2D eigenvalue weighted by Crippen LogP contribution is -2.05. The van der Waals surface area contributed by atoms with Crippen molar-refractivity contribution in [3.05, 3.63) is 71.6 Å². The molecule has 0 saturated carbocycles. The van der Waals surface area contributed by atoms with E-state index in [9.17, 15) is 14.0 Å². The summed E-state index contributed by atoms with van der Waals surface area (Å²) in [4.78, 5) is 22.8. The van der Waals surface area contributed by atoms with Crippen molar-refractivity contribution < 1.29 is 18.7 Å². The first kappa shape index (κ1) is 18.2. The first-order chi connectivity index (χ1) is 12.0. The van der Waals surface area contributed by atoms with Gasteiger partial charge in [0.15, 0.2) is 5.78 Å². The molecule has 130 valence electrons. The Balaban J connectivity index is 1.95. The van der Waals surface area contributed by atoms with Gasteiger partial charge in [-0.15, -0.1) is 0 Å². The van der Waals surface area contributed by atoms with E-state index in [1.165, 1.54) is 25.3 Å². The van der Waals surface area contributed by atoms with Crippen LogP contribution in [0.2, 0.25) is 0 Å². The fraction of sp³-hybridized carbons (Fsp3) is 0.158. The van der Waals surface area contributed by atoms with E-state index in [0.717, 1.165) is 17.3 Å². The van der Waals surface area contributed by atoms with Gasteiger partial charge in [0.05, 0.1) is 7.11 Å². The minimum Gasteiger partial charge on any atom is -0.466 e. The molecule has 0 spiro atoms. The van der Waals surface area contributed by atoms with E-state index in [1.807, 2.05) is 6.07 Å². The molecule has 5 nitrogen and oxygen atoms in total. The van der Waals surface area contributed by atoms with Crippen LogP contribution in [0.15, 0.2) is 54.6 Å². The number of carbonyl (C=O) groups is 2. The number of allylic oxidation sites excluding steroid dienone is 1. The van der Waals surface area contributed by atoms with Gasteiger partial charge in [-0.2, -0.15) is 0 Å². The number of hydrogen-bond donors (Lipinski definition) is 2. The smallest absolute Gasteiger partial charge is 0.330 e. The number of nitrogens with two attached hydrogens (primary N) is 1. The van der Waals surface area contributed by atoms with Crippen LogP contribution >= 0.6 is 0 Å². The molecular formula is C19H19FN2O3. The zero-order valence-electron chi connectivity index (χ0n) is 13.8. The predicted octanol–water partition coefficient (Wildman–Crippen LogP) is 2.86. The van der Waals surface area contributed by atoms with Crippen molar-refractivity contribution in [1.29, 1.82) is 0 Å². The molecule has 2 aromatic carbocycles. The number of methoxy groups -OCH3 is 1. The molecule has 2 rings (SSSR count). The van der Waals surface area contributed by atoms with Crippen LogP contribution in [0.4, 0.5) is 15.8 Å². The Morgan fingerprint density at radius 1 is 1.16 bits per heavy atom. The number of ether oxygens (including phenoxy) is 1. The van der Waals surface area contributed by atoms with Gasteiger partial charge in [-0.3, -0.25) is 4.79 Å². The lowest BCUT2D eigenvalue weighted by Gasteiger charge is -2.10. The molecule has 0 unspecified atom stereocenters. The van der Waals surface area contributed by atoms with Crippen LogP contribution in [0.25, 0.3) is 0 Å². The van der Waals surface area contributed by atoms with Crippen molar-refractivity contribution in [3.8, 4) is 0 Å². The summed E-state index contributed by atoms with van der Waals surface area (Å²) in [5.41, 5.74) is 8.86. The number of halogens is 1. The number of carbonyl (C=O) groups excluding carboxylic acids is 2. The highest BCUT2D eigenvalue weighted by molar-refractivity contribution is 5.97. The van der Waals surface area contributed by atoms with Crippen LogP contribution in [-0.2, 0) is 27.3 Å². The Hall–Kier alpha value is -3.15. The molecule has 25 heavy (non-hydrogen) atoms. The highest BCUT2D eigenvalue weighted by Crippen LogP contribution is 2.19. The van der Waals surface area contributed by atoms with Crippen LogP contribution in [0, 0.1) is 5.82 Å². The largest absolute Gasteiger partial charge is 0.466 e. The SMILES string of the molecule is COC(=O)/C=C/C(=O)Cc1ccc(NCc2ccc(F)cc2)cc1N. The van der Waals surface area contributed by atoms with Gasteiger partial charge in [0, 0.05) is 30.4 Å². The van der Waals surface area contributed by atoms with Gasteiger partial charge < -0.3 is 15.8 Å². The van der Waals surface area contributed by atoms with E-state index in [1.54, 1.807) is 24.3 Å². The van der Waals surface area contributed by atoms with Crippen molar-refractivity contribution in [2.45, 2.75) is 13.0 Å². The van der Waals surface area contributed by atoms with Gasteiger partial charge in [-0.1, -0.05) is 18.2 Å². The third-order valence-corrected chi connectivity index (χ3v) is 3.53. The zero-order valence-corrected chi connectivity index (χ0v) is 13.8. The van der Waals surface area contributed by atoms with Crippen molar-refractivity contribution in [1.82, 2.24) is 0 Å². The van der Waals surface area contributed by atoms with Crippen molar-refractivity contribution in [3.63, 3.8) is 0 Å². The van der Waals surface area contributed by atoms with E-state index in [0.29, 0.717) is 17.8 Å². The zero-order chi connectivity index (χ0) is 18.2. The van der Waals surface area contributed by atoms with Crippen molar-refractivity contribution in [2.75, 3.05) is 18.2 Å². The molecule has 0 aliphatic heterocycles. The average Bonchev–Trinajstić information content (AvgIpc) is 2.61. The Kier molecular flexibility index (Phi) is 6.28. The first-order valence-corrected chi connectivity index (χ1v) is 7.63. The Morgan fingerprint density at radius 2 is 1.88 bits per heavy atom. The number of nitrogen functional groups attached to an aromatic ring is 1. The minimum absolute atomic E-state index is 0.0948. The van der Waals surface area contributed by atoms with E-state index < -0.39 is 5.97 Å². The Labute approximate surface area is 145 Å². The predicted molar refractivity (Wildman–Crippen MR) is 94.4 cm³/mol. The summed E-state index contributed by atoms with van der Waals surface area (Å²) in [6, 6.07) is 11.5. The summed E-state index contributed by atoms with van der Waals surface area (Å²) in [6.45, 7) is 0.528. The van der Waals surface area contributed by atoms with Crippen molar-refractivity contribution >= 4 is 23.1 Å². The van der Waals surface area contributed by atoms with Crippen LogP contribution in [0.1, 0.15) is 11.1 Å². The molecule has 3 N–H and O–H groups in total. The number of rotatable bonds is 7. The fourth-order valence-corrected chi connectivity index (χ4v) is 2.15. The molecule has 0 aromatic heterocycles. The van der Waals surface area contributed by atoms with Crippen LogP contribution in [0.5, 0.6) is 0 Å². The quantitative estimate of drug-likeness (QED) is 0.459. The second kappa shape index (κ2) is 8.63. The summed E-state index contributed by atoms with van der Waals surface area (Å²) in [6.07, 6.45) is 2.35. The number of benzene rings is 2. The Morgan fingerprint density at radius 3 is 2.52 bits per heavy atom. The second-order valence-corrected chi connectivity index (χ2v) is 5.39. The average molecular weight is 342 g/mol. The molecule has 0 amide bonds. The maximum Gasteiger partial charge on any atom is 0.330 e. The van der Waals surface area contributed by atoms with Crippen LogP contribution in [0.3, 0.4) is 0 Å². The van der Waals surface area contributed by atoms with Gasteiger partial charge in [-0.05, 0) is 41.5 Å². The second-order valence-electron chi connectivity index (χ2n) is 5.39. The maximum atomic E-state index is 12.9. The van der Waals surface area contributed by atoms with Gasteiger partial charge in [0.25, 0.3) is 0 Å². The Bertz CT molecular complexity index is 786. The van der Waals surface area contributed by atoms with Gasteiger partial charge in [-0.25, -0.2) is 9.18 Å². The van der Waals surface area contributed by atoms with Crippen molar-refractivity contribution in [2.24, 2.45) is 0 Å². The standard InChI is InChI=1S/C19H19FN2O3/c1-25-19(24)9-8-17(23)10-14-4-7-16(11-18(14)21)22-12-13-2-5-15(20)6-3-13/h2-9,11,22H,10,12,21H2,1H3/b9-8+. The topological polar surface area (TPSA) is 81.4 Å². The lowest BCUT2D eigenvalue weighted by molar-refractivity contribution is -0.135. The van der Waals surface area contributed by atoms with E-state index in [-0.39, 0.29) is 18.0 Å². The lowest BCUT2D eigenvalue weighted by atomic mass is 10.1. The van der Waals surface area contributed by atoms with E-state index >= 15 is 0 Å². The van der Waals surface area contributed by atoms with Crippen LogP contribution in [-0.4, -0.2) is 18.9 Å². The molecule has 0 fully saturated rings. The van der Waals surface area contributed by atoms with Gasteiger partial charge in [0.2, 0.25) is 0 Å². The highest BCUT2D eigenvalue weighted by atomic mass is 19.1.